The summed E-state index contributed by atoms with van der Waals surface area (Å²) in [6.45, 7) is 1.82. The summed E-state index contributed by atoms with van der Waals surface area (Å²) < 4.78 is 13.9. The van der Waals surface area contributed by atoms with Gasteiger partial charge in [-0.1, -0.05) is 15.9 Å². The third kappa shape index (κ3) is 2.78. The number of nitrogens with two attached hydrogens (primary N) is 1. The first-order valence-corrected chi connectivity index (χ1v) is 5.66. The van der Waals surface area contributed by atoms with E-state index in [-0.39, 0.29) is 5.82 Å². The standard InChI is InChI=1S/C11H10BrFN4/c1-6-2-10(17-14)16-11(15-6)7-3-8(12)5-9(13)4-7/h2-5H,14H2,1H3,(H,15,16,17). The Morgan fingerprint density at radius 1 is 1.24 bits per heavy atom. The van der Waals surface area contributed by atoms with E-state index >= 15 is 0 Å². The lowest BCUT2D eigenvalue weighted by Gasteiger charge is -2.06. The van der Waals surface area contributed by atoms with E-state index in [1.54, 1.807) is 12.1 Å². The molecule has 0 atom stereocenters. The molecular formula is C11H10BrFN4. The maximum Gasteiger partial charge on any atom is 0.161 e. The molecule has 2 rings (SSSR count). The van der Waals surface area contributed by atoms with Gasteiger partial charge in [0.25, 0.3) is 0 Å². The zero-order valence-electron chi connectivity index (χ0n) is 9.04. The summed E-state index contributed by atoms with van der Waals surface area (Å²) in [5.74, 6) is 5.88. The Kier molecular flexibility index (Phi) is 3.35. The van der Waals surface area contributed by atoms with Crippen LogP contribution in [-0.4, -0.2) is 9.97 Å². The van der Waals surface area contributed by atoms with Crippen LogP contribution < -0.4 is 11.3 Å². The van der Waals surface area contributed by atoms with Crippen molar-refractivity contribution < 1.29 is 4.39 Å². The Bertz CT molecular complexity index is 539. The molecule has 1 aromatic heterocycles. The average Bonchev–Trinajstić information content (AvgIpc) is 2.26. The predicted molar refractivity (Wildman–Crippen MR) is 67.7 cm³/mol. The molecular weight excluding hydrogens is 287 g/mol. The first-order valence-electron chi connectivity index (χ1n) is 4.87. The van der Waals surface area contributed by atoms with Crippen LogP contribution in [0.15, 0.2) is 28.7 Å². The number of hydrogen-bond acceptors (Lipinski definition) is 4. The summed E-state index contributed by atoms with van der Waals surface area (Å²) >= 11 is 3.23. The molecule has 4 nitrogen and oxygen atoms in total. The number of halogens is 2. The molecule has 0 radical (unpaired) electrons. The summed E-state index contributed by atoms with van der Waals surface area (Å²) in [4.78, 5) is 8.41. The smallest absolute Gasteiger partial charge is 0.161 e. The van der Waals surface area contributed by atoms with E-state index < -0.39 is 0 Å². The molecule has 0 fully saturated rings. The third-order valence-electron chi connectivity index (χ3n) is 2.12. The molecule has 0 spiro atoms. The van der Waals surface area contributed by atoms with Crippen LogP contribution in [0.2, 0.25) is 0 Å². The second-order valence-electron chi connectivity index (χ2n) is 3.52. The van der Waals surface area contributed by atoms with Crippen LogP contribution in [0.1, 0.15) is 5.69 Å². The molecule has 0 saturated heterocycles. The van der Waals surface area contributed by atoms with Crippen molar-refractivity contribution >= 4 is 21.7 Å². The minimum atomic E-state index is -0.346. The van der Waals surface area contributed by atoms with Crippen LogP contribution in [-0.2, 0) is 0 Å². The lowest BCUT2D eigenvalue weighted by Crippen LogP contribution is -2.10. The number of nitrogens with one attached hydrogen (secondary N) is 1. The van der Waals surface area contributed by atoms with E-state index in [1.807, 2.05) is 6.92 Å². The van der Waals surface area contributed by atoms with Crippen molar-refractivity contribution in [1.82, 2.24) is 9.97 Å². The minimum absolute atomic E-state index is 0.346. The number of aryl methyl sites for hydroxylation is 1. The topological polar surface area (TPSA) is 63.8 Å². The van der Waals surface area contributed by atoms with Gasteiger partial charge in [-0.2, -0.15) is 0 Å². The SMILES string of the molecule is Cc1cc(NN)nc(-c2cc(F)cc(Br)c2)n1. The maximum atomic E-state index is 13.3. The van der Waals surface area contributed by atoms with Crippen LogP contribution in [0.5, 0.6) is 0 Å². The highest BCUT2D eigenvalue weighted by Gasteiger charge is 2.07. The molecule has 1 heterocycles. The Balaban J connectivity index is 2.55. The molecule has 1 aromatic carbocycles. The first kappa shape index (κ1) is 11.9. The number of nitrogens with zero attached hydrogens (tertiary/aromatic N) is 2. The van der Waals surface area contributed by atoms with Crippen molar-refractivity contribution in [1.29, 1.82) is 0 Å². The van der Waals surface area contributed by atoms with E-state index in [0.717, 1.165) is 5.69 Å². The number of nitrogen functional groups attached to an aromatic ring is 1. The lowest BCUT2D eigenvalue weighted by atomic mass is 10.2. The van der Waals surface area contributed by atoms with E-state index in [0.29, 0.717) is 21.7 Å². The largest absolute Gasteiger partial charge is 0.308 e. The third-order valence-corrected chi connectivity index (χ3v) is 2.58. The van der Waals surface area contributed by atoms with Crippen molar-refractivity contribution in [3.63, 3.8) is 0 Å². The van der Waals surface area contributed by atoms with E-state index in [4.69, 9.17) is 5.84 Å². The number of benzene rings is 1. The van der Waals surface area contributed by atoms with Gasteiger partial charge in [-0.25, -0.2) is 20.2 Å². The van der Waals surface area contributed by atoms with Crippen molar-refractivity contribution in [2.24, 2.45) is 5.84 Å². The van der Waals surface area contributed by atoms with Gasteiger partial charge in [-0.05, 0) is 25.1 Å². The van der Waals surface area contributed by atoms with Gasteiger partial charge in [0.1, 0.15) is 11.6 Å². The van der Waals surface area contributed by atoms with Crippen LogP contribution >= 0.6 is 15.9 Å². The van der Waals surface area contributed by atoms with Gasteiger partial charge in [-0.3, -0.25) is 0 Å². The number of hydrogen-bond donors (Lipinski definition) is 2. The van der Waals surface area contributed by atoms with E-state index in [2.05, 4.69) is 31.3 Å². The van der Waals surface area contributed by atoms with Gasteiger partial charge in [0.15, 0.2) is 5.82 Å². The molecule has 0 aliphatic heterocycles. The molecule has 0 bridgehead atoms. The first-order chi connectivity index (χ1) is 8.08. The molecule has 17 heavy (non-hydrogen) atoms. The van der Waals surface area contributed by atoms with Gasteiger partial charge in [0.05, 0.1) is 0 Å². The predicted octanol–water partition coefficient (Wildman–Crippen LogP) is 2.64. The van der Waals surface area contributed by atoms with E-state index in [9.17, 15) is 4.39 Å². The quantitative estimate of drug-likeness (QED) is 0.660. The highest BCUT2D eigenvalue weighted by atomic mass is 79.9. The average molecular weight is 297 g/mol. The summed E-state index contributed by atoms with van der Waals surface area (Å²) in [7, 11) is 0. The van der Waals surface area contributed by atoms with Crippen molar-refractivity contribution in [3.05, 3.63) is 40.2 Å². The zero-order valence-corrected chi connectivity index (χ0v) is 10.6. The second kappa shape index (κ2) is 4.77. The highest BCUT2D eigenvalue weighted by Crippen LogP contribution is 2.23. The summed E-state index contributed by atoms with van der Waals surface area (Å²) in [5.41, 5.74) is 3.80. The fourth-order valence-electron chi connectivity index (χ4n) is 1.45. The van der Waals surface area contributed by atoms with Crippen LogP contribution in [0, 0.1) is 12.7 Å². The lowest BCUT2D eigenvalue weighted by molar-refractivity contribution is 0.627. The molecule has 6 heteroatoms. The maximum absolute atomic E-state index is 13.3. The number of hydrazine groups is 1. The van der Waals surface area contributed by atoms with Gasteiger partial charge >= 0.3 is 0 Å². The Labute approximate surface area is 106 Å². The fourth-order valence-corrected chi connectivity index (χ4v) is 1.92. The van der Waals surface area contributed by atoms with Crippen LogP contribution in [0.4, 0.5) is 10.2 Å². The molecule has 0 saturated carbocycles. The minimum Gasteiger partial charge on any atom is -0.308 e. The van der Waals surface area contributed by atoms with Crippen molar-refractivity contribution in [2.45, 2.75) is 6.92 Å². The molecule has 0 aliphatic rings. The number of anilines is 1. The molecule has 0 aliphatic carbocycles. The summed E-state index contributed by atoms with van der Waals surface area (Å²) in [6, 6.07) is 6.21. The molecule has 0 amide bonds. The van der Waals surface area contributed by atoms with Crippen molar-refractivity contribution in [3.8, 4) is 11.4 Å². The normalized spacial score (nSPS) is 10.4. The number of rotatable bonds is 2. The Morgan fingerprint density at radius 3 is 2.65 bits per heavy atom. The highest BCUT2D eigenvalue weighted by molar-refractivity contribution is 9.10. The summed E-state index contributed by atoms with van der Waals surface area (Å²) in [6.07, 6.45) is 0. The van der Waals surface area contributed by atoms with Crippen LogP contribution in [0.3, 0.4) is 0 Å². The van der Waals surface area contributed by atoms with E-state index in [1.165, 1.54) is 12.1 Å². The fraction of sp³-hybridized carbons (Fsp3) is 0.0909. The van der Waals surface area contributed by atoms with Gasteiger partial charge in [0.2, 0.25) is 0 Å². The molecule has 88 valence electrons. The summed E-state index contributed by atoms with van der Waals surface area (Å²) in [5, 5.41) is 0. The monoisotopic (exact) mass is 296 g/mol. The molecule has 0 unspecified atom stereocenters. The molecule has 2 aromatic rings. The second-order valence-corrected chi connectivity index (χ2v) is 4.44. The Morgan fingerprint density at radius 2 is 2.00 bits per heavy atom. The zero-order chi connectivity index (χ0) is 12.4. The van der Waals surface area contributed by atoms with Gasteiger partial charge < -0.3 is 5.43 Å². The van der Waals surface area contributed by atoms with Crippen molar-refractivity contribution in [2.75, 3.05) is 5.43 Å². The van der Waals surface area contributed by atoms with Gasteiger partial charge in [0, 0.05) is 21.8 Å². The Hall–Kier alpha value is -1.53. The van der Waals surface area contributed by atoms with Crippen LogP contribution in [0.25, 0.3) is 11.4 Å². The van der Waals surface area contributed by atoms with Gasteiger partial charge in [-0.15, -0.1) is 0 Å². The number of aromatic nitrogens is 2. The molecule has 3 N–H and O–H groups in total.